The second kappa shape index (κ2) is 8.55. The Balaban J connectivity index is 1.25. The van der Waals surface area contributed by atoms with E-state index in [9.17, 15) is 0 Å². The summed E-state index contributed by atoms with van der Waals surface area (Å²) < 4.78 is 16.9. The van der Waals surface area contributed by atoms with Crippen LogP contribution in [0.5, 0.6) is 5.75 Å². The van der Waals surface area contributed by atoms with Crippen LogP contribution in [0.1, 0.15) is 37.2 Å². The molecule has 1 aliphatic carbocycles. The standard InChI is InChI=1S/C22H27N5O3/c1-15-23-7-6-17(24-15)12-16-2-4-19(5-3-16)29-21-14-18(27-8-10-28-11-9-27)13-20-22(21)26-30-25-20/h6-7,13-14,16,19H,2-5,8-12H2,1H3. The molecular weight excluding hydrogens is 382 g/mol. The fourth-order valence-corrected chi connectivity index (χ4v) is 4.49. The monoisotopic (exact) mass is 409 g/mol. The van der Waals surface area contributed by atoms with Gasteiger partial charge in [0.1, 0.15) is 11.3 Å². The van der Waals surface area contributed by atoms with Crippen molar-refractivity contribution in [2.45, 2.75) is 45.1 Å². The summed E-state index contributed by atoms with van der Waals surface area (Å²) in [5, 5.41) is 8.14. The van der Waals surface area contributed by atoms with E-state index in [1.807, 2.05) is 25.3 Å². The molecule has 1 saturated carbocycles. The summed E-state index contributed by atoms with van der Waals surface area (Å²) in [6.45, 7) is 5.15. The van der Waals surface area contributed by atoms with E-state index >= 15 is 0 Å². The molecule has 2 fully saturated rings. The van der Waals surface area contributed by atoms with E-state index in [1.165, 1.54) is 0 Å². The summed E-state index contributed by atoms with van der Waals surface area (Å²) in [5.41, 5.74) is 3.66. The summed E-state index contributed by atoms with van der Waals surface area (Å²) in [4.78, 5) is 11.0. The van der Waals surface area contributed by atoms with Crippen molar-refractivity contribution in [1.29, 1.82) is 0 Å². The fourth-order valence-electron chi connectivity index (χ4n) is 4.49. The molecule has 0 bridgehead atoms. The van der Waals surface area contributed by atoms with Crippen molar-refractivity contribution < 1.29 is 14.1 Å². The molecule has 0 unspecified atom stereocenters. The Morgan fingerprint density at radius 1 is 1.10 bits per heavy atom. The van der Waals surface area contributed by atoms with Gasteiger partial charge in [-0.25, -0.2) is 14.6 Å². The summed E-state index contributed by atoms with van der Waals surface area (Å²) in [7, 11) is 0. The SMILES string of the molecule is Cc1nccc(CC2CCC(Oc3cc(N4CCOCC4)cc4nonc34)CC2)n1. The van der Waals surface area contributed by atoms with Crippen LogP contribution < -0.4 is 9.64 Å². The molecule has 0 N–H and O–H groups in total. The Kier molecular flexibility index (Phi) is 5.48. The van der Waals surface area contributed by atoms with E-state index in [2.05, 4.69) is 31.2 Å². The third kappa shape index (κ3) is 4.23. The average molecular weight is 409 g/mol. The molecule has 1 aliphatic heterocycles. The number of aryl methyl sites for hydroxylation is 1. The highest BCUT2D eigenvalue weighted by Gasteiger charge is 2.25. The van der Waals surface area contributed by atoms with Crippen molar-refractivity contribution in [3.05, 3.63) is 35.9 Å². The molecule has 0 atom stereocenters. The van der Waals surface area contributed by atoms with Crippen LogP contribution in [0.2, 0.25) is 0 Å². The van der Waals surface area contributed by atoms with Gasteiger partial charge in [-0.3, -0.25) is 0 Å². The first-order valence-corrected chi connectivity index (χ1v) is 10.8. The van der Waals surface area contributed by atoms with Gasteiger partial charge in [0.05, 0.1) is 19.3 Å². The van der Waals surface area contributed by atoms with E-state index in [0.29, 0.717) is 11.4 Å². The van der Waals surface area contributed by atoms with Gasteiger partial charge >= 0.3 is 0 Å². The highest BCUT2D eigenvalue weighted by Crippen LogP contribution is 2.34. The zero-order valence-corrected chi connectivity index (χ0v) is 17.3. The quantitative estimate of drug-likeness (QED) is 0.634. The molecule has 8 heteroatoms. The Hall–Kier alpha value is -2.74. The number of anilines is 1. The summed E-state index contributed by atoms with van der Waals surface area (Å²) >= 11 is 0. The van der Waals surface area contributed by atoms with Gasteiger partial charge in [-0.05, 0) is 67.4 Å². The van der Waals surface area contributed by atoms with E-state index in [-0.39, 0.29) is 6.10 Å². The Bertz CT molecular complexity index is 993. The number of benzene rings is 1. The predicted molar refractivity (Wildman–Crippen MR) is 112 cm³/mol. The van der Waals surface area contributed by atoms with Crippen LogP contribution in [-0.4, -0.2) is 52.7 Å². The molecule has 8 nitrogen and oxygen atoms in total. The third-order valence-electron chi connectivity index (χ3n) is 6.11. The van der Waals surface area contributed by atoms with E-state index in [0.717, 1.165) is 86.9 Å². The average Bonchev–Trinajstić information content (AvgIpc) is 3.25. The molecule has 2 aromatic heterocycles. The number of hydrogen-bond donors (Lipinski definition) is 0. The zero-order chi connectivity index (χ0) is 20.3. The van der Waals surface area contributed by atoms with E-state index < -0.39 is 0 Å². The molecule has 1 aromatic carbocycles. The van der Waals surface area contributed by atoms with Crippen LogP contribution in [0, 0.1) is 12.8 Å². The normalized spacial score (nSPS) is 22.4. The fraction of sp³-hybridized carbons (Fsp3) is 0.545. The van der Waals surface area contributed by atoms with Crippen LogP contribution in [0.15, 0.2) is 29.0 Å². The Morgan fingerprint density at radius 2 is 1.93 bits per heavy atom. The zero-order valence-electron chi connectivity index (χ0n) is 17.3. The Morgan fingerprint density at radius 3 is 2.73 bits per heavy atom. The van der Waals surface area contributed by atoms with Gasteiger partial charge in [-0.15, -0.1) is 0 Å². The van der Waals surface area contributed by atoms with Gasteiger partial charge in [-0.2, -0.15) is 0 Å². The van der Waals surface area contributed by atoms with Crippen molar-refractivity contribution >= 4 is 16.7 Å². The van der Waals surface area contributed by atoms with Gasteiger partial charge in [0, 0.05) is 36.7 Å². The van der Waals surface area contributed by atoms with Crippen molar-refractivity contribution in [3.63, 3.8) is 0 Å². The summed E-state index contributed by atoms with van der Waals surface area (Å²) in [6, 6.07) is 6.12. The molecule has 30 heavy (non-hydrogen) atoms. The van der Waals surface area contributed by atoms with Crippen molar-refractivity contribution in [2.24, 2.45) is 5.92 Å². The smallest absolute Gasteiger partial charge is 0.177 e. The first-order valence-electron chi connectivity index (χ1n) is 10.8. The highest BCUT2D eigenvalue weighted by molar-refractivity contribution is 5.84. The highest BCUT2D eigenvalue weighted by atomic mass is 16.6. The number of aromatic nitrogens is 4. The number of hydrogen-bond acceptors (Lipinski definition) is 8. The first-order chi connectivity index (χ1) is 14.7. The van der Waals surface area contributed by atoms with E-state index in [1.54, 1.807) is 0 Å². The molecule has 0 amide bonds. The molecule has 0 radical (unpaired) electrons. The summed E-state index contributed by atoms with van der Waals surface area (Å²) in [5.74, 6) is 2.26. The summed E-state index contributed by atoms with van der Waals surface area (Å²) in [6.07, 6.45) is 7.39. The largest absolute Gasteiger partial charge is 0.488 e. The second-order valence-corrected chi connectivity index (χ2v) is 8.24. The van der Waals surface area contributed by atoms with Gasteiger partial charge in [0.25, 0.3) is 0 Å². The van der Waals surface area contributed by atoms with Gasteiger partial charge in [0.15, 0.2) is 11.3 Å². The van der Waals surface area contributed by atoms with Crippen LogP contribution >= 0.6 is 0 Å². The van der Waals surface area contributed by atoms with Crippen molar-refractivity contribution in [3.8, 4) is 5.75 Å². The molecule has 3 aromatic rings. The van der Waals surface area contributed by atoms with Gasteiger partial charge < -0.3 is 14.4 Å². The number of morpholine rings is 1. The van der Waals surface area contributed by atoms with Crippen molar-refractivity contribution in [2.75, 3.05) is 31.2 Å². The second-order valence-electron chi connectivity index (χ2n) is 8.24. The number of fused-ring (bicyclic) bond motifs is 1. The lowest BCUT2D eigenvalue weighted by molar-refractivity contribution is 0.122. The topological polar surface area (TPSA) is 86.4 Å². The molecule has 3 heterocycles. The molecule has 1 saturated heterocycles. The minimum absolute atomic E-state index is 0.188. The number of nitrogens with zero attached hydrogens (tertiary/aromatic N) is 5. The van der Waals surface area contributed by atoms with Crippen molar-refractivity contribution in [1.82, 2.24) is 20.3 Å². The maximum absolute atomic E-state index is 6.43. The molecule has 158 valence electrons. The maximum atomic E-state index is 6.43. The van der Waals surface area contributed by atoms with E-state index in [4.69, 9.17) is 14.1 Å². The Labute approximate surface area is 175 Å². The molecule has 5 rings (SSSR count). The number of ether oxygens (including phenoxy) is 2. The lowest BCUT2D eigenvalue weighted by atomic mass is 9.84. The van der Waals surface area contributed by atoms with Gasteiger partial charge in [-0.1, -0.05) is 0 Å². The number of rotatable bonds is 5. The van der Waals surface area contributed by atoms with Crippen LogP contribution in [0.4, 0.5) is 5.69 Å². The molecular formula is C22H27N5O3. The molecule has 0 spiro atoms. The van der Waals surface area contributed by atoms with Gasteiger partial charge in [0.2, 0.25) is 0 Å². The third-order valence-corrected chi connectivity index (χ3v) is 6.11. The lowest BCUT2D eigenvalue weighted by Crippen LogP contribution is -2.36. The van der Waals surface area contributed by atoms with Crippen LogP contribution in [0.25, 0.3) is 11.0 Å². The minimum Gasteiger partial charge on any atom is -0.488 e. The molecule has 2 aliphatic rings. The predicted octanol–water partition coefficient (Wildman–Crippen LogP) is 3.34. The first kappa shape index (κ1) is 19.2. The lowest BCUT2D eigenvalue weighted by Gasteiger charge is -2.31. The van der Waals surface area contributed by atoms with Crippen LogP contribution in [-0.2, 0) is 11.2 Å². The maximum Gasteiger partial charge on any atom is 0.177 e. The van der Waals surface area contributed by atoms with Crippen LogP contribution in [0.3, 0.4) is 0 Å². The minimum atomic E-state index is 0.188.